The highest BCUT2D eigenvalue weighted by Crippen LogP contribution is 2.45. The Labute approximate surface area is 220 Å². The van der Waals surface area contributed by atoms with Crippen molar-refractivity contribution in [3.8, 4) is 5.75 Å². The van der Waals surface area contributed by atoms with Crippen molar-refractivity contribution >= 4 is 49.8 Å². The molecule has 3 aromatic carbocycles. The van der Waals surface area contributed by atoms with Crippen LogP contribution in [0.5, 0.6) is 5.75 Å². The van der Waals surface area contributed by atoms with Gasteiger partial charge in [0.05, 0.1) is 26.8 Å². The highest BCUT2D eigenvalue weighted by Gasteiger charge is 2.48. The SMILES string of the molecule is Cc1ccc2nc(N3C(=O)C(=O)C(=C(O)c4ccc5c(c4)C[C@@H](C)O5)[C@@H]3c3ccc([N+](=O)[O-])cc3)sc2c1. The van der Waals surface area contributed by atoms with Crippen molar-refractivity contribution in [1.29, 1.82) is 0 Å². The molecule has 38 heavy (non-hydrogen) atoms. The van der Waals surface area contributed by atoms with Gasteiger partial charge in [-0.05, 0) is 73.0 Å². The number of nitrogens with zero attached hydrogens (tertiary/aromatic N) is 3. The zero-order chi connectivity index (χ0) is 26.7. The number of carbonyl (C=O) groups excluding carboxylic acids is 2. The minimum Gasteiger partial charge on any atom is -0.507 e. The number of rotatable bonds is 4. The fourth-order valence-electron chi connectivity index (χ4n) is 4.97. The van der Waals surface area contributed by atoms with Crippen LogP contribution < -0.4 is 9.64 Å². The van der Waals surface area contributed by atoms with Gasteiger partial charge >= 0.3 is 5.91 Å². The van der Waals surface area contributed by atoms with Crippen molar-refractivity contribution in [1.82, 2.24) is 4.98 Å². The van der Waals surface area contributed by atoms with Crippen LogP contribution in [0.15, 0.2) is 66.2 Å². The lowest BCUT2D eigenvalue weighted by atomic mass is 9.94. The van der Waals surface area contributed by atoms with Crippen molar-refractivity contribution in [2.24, 2.45) is 0 Å². The summed E-state index contributed by atoms with van der Waals surface area (Å²) in [5.41, 5.74) is 3.17. The van der Waals surface area contributed by atoms with Gasteiger partial charge in [-0.1, -0.05) is 17.4 Å². The van der Waals surface area contributed by atoms with Gasteiger partial charge in [0.25, 0.3) is 11.5 Å². The molecule has 0 unspecified atom stereocenters. The van der Waals surface area contributed by atoms with Gasteiger partial charge in [-0.2, -0.15) is 0 Å². The quantitative estimate of drug-likeness (QED) is 0.123. The van der Waals surface area contributed by atoms with Crippen molar-refractivity contribution < 1.29 is 24.4 Å². The first-order chi connectivity index (χ1) is 18.2. The Hall–Kier alpha value is -4.57. The molecule has 1 saturated heterocycles. The number of aliphatic hydroxyl groups excluding tert-OH is 1. The molecule has 0 bridgehead atoms. The molecule has 2 aliphatic heterocycles. The van der Waals surface area contributed by atoms with Gasteiger partial charge in [-0.3, -0.25) is 24.6 Å². The van der Waals surface area contributed by atoms with Gasteiger partial charge in [0, 0.05) is 24.1 Å². The number of ketones is 1. The number of benzene rings is 3. The highest BCUT2D eigenvalue weighted by molar-refractivity contribution is 7.22. The molecule has 190 valence electrons. The molecule has 1 N–H and O–H groups in total. The van der Waals surface area contributed by atoms with E-state index in [1.807, 2.05) is 32.0 Å². The largest absolute Gasteiger partial charge is 0.507 e. The number of nitro benzene ring substituents is 1. The predicted molar refractivity (Wildman–Crippen MR) is 142 cm³/mol. The Morgan fingerprint density at radius 1 is 1.13 bits per heavy atom. The molecule has 1 aromatic heterocycles. The molecule has 0 spiro atoms. The van der Waals surface area contributed by atoms with Gasteiger partial charge in [0.1, 0.15) is 17.6 Å². The summed E-state index contributed by atoms with van der Waals surface area (Å²) >= 11 is 1.26. The van der Waals surface area contributed by atoms with Gasteiger partial charge in [0.15, 0.2) is 5.13 Å². The lowest BCUT2D eigenvalue weighted by Gasteiger charge is -2.23. The average molecular weight is 528 g/mol. The summed E-state index contributed by atoms with van der Waals surface area (Å²) in [6, 6.07) is 15.4. The topological polar surface area (TPSA) is 123 Å². The van der Waals surface area contributed by atoms with Crippen LogP contribution in [0, 0.1) is 17.0 Å². The van der Waals surface area contributed by atoms with Crippen LogP contribution in [0.2, 0.25) is 0 Å². The number of Topliss-reactive ketones (excluding diaryl/α,β-unsaturated/α-hetero) is 1. The van der Waals surface area contributed by atoms with E-state index in [0.29, 0.717) is 33.9 Å². The number of amides is 1. The van der Waals surface area contributed by atoms with Crippen molar-refractivity contribution in [2.45, 2.75) is 32.4 Å². The monoisotopic (exact) mass is 527 g/mol. The highest BCUT2D eigenvalue weighted by atomic mass is 32.1. The zero-order valence-electron chi connectivity index (χ0n) is 20.4. The van der Waals surface area contributed by atoms with Gasteiger partial charge in [0.2, 0.25) is 0 Å². The van der Waals surface area contributed by atoms with Gasteiger partial charge in [-0.25, -0.2) is 4.98 Å². The molecular formula is C28H21N3O6S. The molecule has 0 saturated carbocycles. The standard InChI is InChI=1S/C28H21N3O6S/c1-14-3-9-20-22(11-14)38-28(29-20)30-24(16-4-7-19(8-5-16)31(35)36)23(26(33)27(30)34)25(32)17-6-10-21-18(13-17)12-15(2)37-21/h3-11,13,15,24,32H,12H2,1-2H3/t15-,24+/m1/s1. The van der Waals surface area contributed by atoms with E-state index in [9.17, 15) is 24.8 Å². The molecule has 6 rings (SSSR count). The van der Waals surface area contributed by atoms with Gasteiger partial charge in [-0.15, -0.1) is 0 Å². The second kappa shape index (κ2) is 8.77. The predicted octanol–water partition coefficient (Wildman–Crippen LogP) is 5.46. The van der Waals surface area contributed by atoms with Crippen LogP contribution in [-0.2, 0) is 16.0 Å². The van der Waals surface area contributed by atoms with E-state index in [1.165, 1.54) is 40.5 Å². The third kappa shape index (κ3) is 3.81. The number of aromatic nitrogens is 1. The normalized spacial score (nSPS) is 20.1. The van der Waals surface area contributed by atoms with Gasteiger partial charge < -0.3 is 9.84 Å². The molecule has 4 aromatic rings. The van der Waals surface area contributed by atoms with Crippen LogP contribution in [0.4, 0.5) is 10.8 Å². The number of ether oxygens (including phenoxy) is 1. The molecule has 10 heteroatoms. The number of anilines is 1. The molecule has 2 aliphatic rings. The maximum absolute atomic E-state index is 13.5. The summed E-state index contributed by atoms with van der Waals surface area (Å²) in [5, 5.41) is 23.0. The van der Waals surface area contributed by atoms with Crippen molar-refractivity contribution in [3.63, 3.8) is 0 Å². The lowest BCUT2D eigenvalue weighted by molar-refractivity contribution is -0.384. The minimum atomic E-state index is -1.03. The molecule has 9 nitrogen and oxygen atoms in total. The summed E-state index contributed by atoms with van der Waals surface area (Å²) in [7, 11) is 0. The molecule has 2 atom stereocenters. The number of nitro groups is 1. The number of fused-ring (bicyclic) bond motifs is 2. The number of hydrogen-bond acceptors (Lipinski definition) is 8. The summed E-state index contributed by atoms with van der Waals surface area (Å²) in [4.78, 5) is 43.5. The number of carbonyl (C=O) groups is 2. The van der Waals surface area contributed by atoms with E-state index in [-0.39, 0.29) is 23.1 Å². The Kier molecular flexibility index (Phi) is 5.50. The first kappa shape index (κ1) is 23.8. The smallest absolute Gasteiger partial charge is 0.301 e. The van der Waals surface area contributed by atoms with E-state index >= 15 is 0 Å². The number of thiazole rings is 1. The second-order valence-electron chi connectivity index (χ2n) is 9.44. The number of non-ortho nitro benzene ring substituents is 1. The fraction of sp³-hybridized carbons (Fsp3) is 0.179. The minimum absolute atomic E-state index is 0.00393. The van der Waals surface area contributed by atoms with Crippen LogP contribution in [0.25, 0.3) is 16.0 Å². The van der Waals surface area contributed by atoms with Crippen LogP contribution in [0.1, 0.15) is 35.2 Å². The third-order valence-electron chi connectivity index (χ3n) is 6.77. The van der Waals surface area contributed by atoms with Crippen molar-refractivity contribution in [2.75, 3.05) is 4.90 Å². The third-order valence-corrected chi connectivity index (χ3v) is 7.79. The lowest BCUT2D eigenvalue weighted by Crippen LogP contribution is -2.29. The Morgan fingerprint density at radius 2 is 1.89 bits per heavy atom. The first-order valence-corrected chi connectivity index (χ1v) is 12.8. The van der Waals surface area contributed by atoms with Crippen LogP contribution >= 0.6 is 11.3 Å². The molecular weight excluding hydrogens is 506 g/mol. The summed E-state index contributed by atoms with van der Waals surface area (Å²) in [5.74, 6) is -1.30. The molecule has 3 heterocycles. The summed E-state index contributed by atoms with van der Waals surface area (Å²) in [6.07, 6.45) is 0.651. The number of aryl methyl sites for hydroxylation is 1. The molecule has 0 radical (unpaired) electrons. The number of hydrogen-bond donors (Lipinski definition) is 1. The molecule has 1 amide bonds. The second-order valence-corrected chi connectivity index (χ2v) is 10.4. The van der Waals surface area contributed by atoms with E-state index in [4.69, 9.17) is 4.74 Å². The van der Waals surface area contributed by atoms with Crippen LogP contribution in [-0.4, -0.2) is 32.8 Å². The maximum Gasteiger partial charge on any atom is 0.301 e. The Bertz CT molecular complexity index is 1690. The van der Waals surface area contributed by atoms with E-state index in [2.05, 4.69) is 4.98 Å². The number of aliphatic hydroxyl groups is 1. The molecule has 1 fully saturated rings. The van der Waals surface area contributed by atoms with E-state index in [0.717, 1.165) is 15.8 Å². The first-order valence-electron chi connectivity index (χ1n) is 11.9. The maximum atomic E-state index is 13.5. The Morgan fingerprint density at radius 3 is 2.63 bits per heavy atom. The average Bonchev–Trinajstić information content (AvgIpc) is 3.55. The summed E-state index contributed by atoms with van der Waals surface area (Å²) in [6.45, 7) is 3.89. The Balaban J connectivity index is 1.53. The fourth-order valence-corrected chi connectivity index (χ4v) is 6.06. The zero-order valence-corrected chi connectivity index (χ0v) is 21.2. The molecule has 0 aliphatic carbocycles. The van der Waals surface area contributed by atoms with E-state index < -0.39 is 22.7 Å². The van der Waals surface area contributed by atoms with Crippen LogP contribution in [0.3, 0.4) is 0 Å². The van der Waals surface area contributed by atoms with Crippen molar-refractivity contribution in [3.05, 3.63) is 98.6 Å². The van der Waals surface area contributed by atoms with E-state index in [1.54, 1.807) is 18.2 Å². The summed E-state index contributed by atoms with van der Waals surface area (Å²) < 4.78 is 6.59.